The summed E-state index contributed by atoms with van der Waals surface area (Å²) < 4.78 is 1.59. The molecule has 2 rings (SSSR count). The van der Waals surface area contributed by atoms with Gasteiger partial charge in [0.2, 0.25) is 5.91 Å². The number of carbonyl (C=O) groups excluding carboxylic acids is 1. The highest BCUT2D eigenvalue weighted by molar-refractivity contribution is 5.91. The van der Waals surface area contributed by atoms with E-state index in [1.165, 1.54) is 12.1 Å². The molecule has 0 saturated heterocycles. The summed E-state index contributed by atoms with van der Waals surface area (Å²) in [5.74, 6) is -0.273. The molecule has 1 aromatic heterocycles. The number of benzene rings is 1. The molecule has 0 aliphatic heterocycles. The topological polar surface area (TPSA) is 90.1 Å². The smallest absolute Gasteiger partial charge is 0.271 e. The average Bonchev–Trinajstić information content (AvgIpc) is 2.70. The maximum Gasteiger partial charge on any atom is 0.271 e. The Kier molecular flexibility index (Phi) is 4.02. The Hall–Kier alpha value is -2.70. The third kappa shape index (κ3) is 3.44. The van der Waals surface area contributed by atoms with Crippen LogP contribution in [0.25, 0.3) is 0 Å². The van der Waals surface area contributed by atoms with Crippen LogP contribution in [0, 0.1) is 30.9 Å². The van der Waals surface area contributed by atoms with Gasteiger partial charge in [0.15, 0.2) is 0 Å². The van der Waals surface area contributed by atoms with Crippen molar-refractivity contribution in [3.63, 3.8) is 0 Å². The van der Waals surface area contributed by atoms with Gasteiger partial charge in [0.25, 0.3) is 5.69 Å². The maximum absolute atomic E-state index is 12.0. The largest absolute Gasteiger partial charge is 0.324 e. The summed E-state index contributed by atoms with van der Waals surface area (Å²) >= 11 is 0. The number of hydrogen-bond acceptors (Lipinski definition) is 4. The lowest BCUT2D eigenvalue weighted by Crippen LogP contribution is -2.20. The lowest BCUT2D eigenvalue weighted by Gasteiger charge is -2.09. The van der Waals surface area contributed by atoms with Gasteiger partial charge < -0.3 is 5.32 Å². The molecule has 110 valence electrons. The Morgan fingerprint density at radius 2 is 2.05 bits per heavy atom. The summed E-state index contributed by atoms with van der Waals surface area (Å²) in [6.45, 7) is 5.57. The highest BCUT2D eigenvalue weighted by atomic mass is 16.6. The normalized spacial score (nSPS) is 10.4. The SMILES string of the molecule is Cc1cc(C)n(CC(=O)Nc2cc([N+](=O)[O-])ccc2C)n1. The second-order valence-electron chi connectivity index (χ2n) is 4.89. The number of amides is 1. The fourth-order valence-electron chi connectivity index (χ4n) is 2.02. The summed E-state index contributed by atoms with van der Waals surface area (Å²) in [6, 6.07) is 6.25. The number of aromatic nitrogens is 2. The molecule has 21 heavy (non-hydrogen) atoms. The van der Waals surface area contributed by atoms with Crippen LogP contribution in [0.3, 0.4) is 0 Å². The Morgan fingerprint density at radius 3 is 2.62 bits per heavy atom. The van der Waals surface area contributed by atoms with Gasteiger partial charge in [0.05, 0.1) is 16.3 Å². The second-order valence-corrected chi connectivity index (χ2v) is 4.89. The zero-order valence-electron chi connectivity index (χ0n) is 12.1. The van der Waals surface area contributed by atoms with E-state index in [9.17, 15) is 14.9 Å². The van der Waals surface area contributed by atoms with Crippen molar-refractivity contribution in [1.82, 2.24) is 9.78 Å². The molecule has 0 aliphatic rings. The quantitative estimate of drug-likeness (QED) is 0.690. The fraction of sp³-hybridized carbons (Fsp3) is 0.286. The van der Waals surface area contributed by atoms with Crippen LogP contribution >= 0.6 is 0 Å². The molecule has 0 unspecified atom stereocenters. The first-order valence-electron chi connectivity index (χ1n) is 6.43. The van der Waals surface area contributed by atoms with Crippen LogP contribution in [-0.2, 0) is 11.3 Å². The van der Waals surface area contributed by atoms with Gasteiger partial charge in [-0.15, -0.1) is 0 Å². The van der Waals surface area contributed by atoms with E-state index in [2.05, 4.69) is 10.4 Å². The van der Waals surface area contributed by atoms with Crippen LogP contribution in [0.15, 0.2) is 24.3 Å². The minimum atomic E-state index is -0.490. The molecular weight excluding hydrogens is 272 g/mol. The summed E-state index contributed by atoms with van der Waals surface area (Å²) in [5.41, 5.74) is 2.88. The highest BCUT2D eigenvalue weighted by Gasteiger charge is 2.12. The molecule has 7 nitrogen and oxygen atoms in total. The maximum atomic E-state index is 12.0. The van der Waals surface area contributed by atoms with E-state index in [0.717, 1.165) is 17.0 Å². The van der Waals surface area contributed by atoms with E-state index in [-0.39, 0.29) is 18.1 Å². The molecule has 0 aliphatic carbocycles. The van der Waals surface area contributed by atoms with Crippen LogP contribution in [0.4, 0.5) is 11.4 Å². The van der Waals surface area contributed by atoms with Gasteiger partial charge in [-0.25, -0.2) is 0 Å². The predicted octanol–water partition coefficient (Wildman–Crippen LogP) is 2.36. The molecule has 0 spiro atoms. The number of nitro benzene ring substituents is 1. The van der Waals surface area contributed by atoms with Crippen molar-refractivity contribution < 1.29 is 9.72 Å². The van der Waals surface area contributed by atoms with Crippen LogP contribution in [-0.4, -0.2) is 20.6 Å². The van der Waals surface area contributed by atoms with Crippen LogP contribution in [0.1, 0.15) is 17.0 Å². The zero-order chi connectivity index (χ0) is 15.6. The summed E-state index contributed by atoms with van der Waals surface area (Å²) in [7, 11) is 0. The first kappa shape index (κ1) is 14.7. The van der Waals surface area contributed by atoms with E-state index in [0.29, 0.717) is 5.69 Å². The first-order valence-corrected chi connectivity index (χ1v) is 6.43. The van der Waals surface area contributed by atoms with Gasteiger partial charge in [0.1, 0.15) is 6.54 Å². The third-order valence-corrected chi connectivity index (χ3v) is 3.10. The number of nitrogens with zero attached hydrogens (tertiary/aromatic N) is 3. The van der Waals surface area contributed by atoms with E-state index < -0.39 is 4.92 Å². The van der Waals surface area contributed by atoms with Gasteiger partial charge in [-0.3, -0.25) is 19.6 Å². The van der Waals surface area contributed by atoms with Crippen molar-refractivity contribution in [1.29, 1.82) is 0 Å². The molecule has 0 bridgehead atoms. The standard InChI is InChI=1S/C14H16N4O3/c1-9-4-5-12(18(20)21)7-13(9)15-14(19)8-17-11(3)6-10(2)16-17/h4-7H,8H2,1-3H3,(H,15,19). The van der Waals surface area contributed by atoms with E-state index in [4.69, 9.17) is 0 Å². The monoisotopic (exact) mass is 288 g/mol. The van der Waals surface area contributed by atoms with Crippen molar-refractivity contribution >= 4 is 17.3 Å². The molecule has 0 saturated carbocycles. The first-order chi connectivity index (χ1) is 9.86. The number of non-ortho nitro benzene ring substituents is 1. The van der Waals surface area contributed by atoms with Crippen molar-refractivity contribution in [3.05, 3.63) is 51.3 Å². The minimum Gasteiger partial charge on any atom is -0.324 e. The number of carbonyl (C=O) groups is 1. The van der Waals surface area contributed by atoms with E-state index in [1.807, 2.05) is 19.9 Å². The Labute approximate surface area is 121 Å². The number of nitro groups is 1. The van der Waals surface area contributed by atoms with E-state index in [1.54, 1.807) is 17.7 Å². The van der Waals surface area contributed by atoms with Gasteiger partial charge in [-0.1, -0.05) is 6.07 Å². The molecule has 1 heterocycles. The van der Waals surface area contributed by atoms with Crippen LogP contribution in [0.5, 0.6) is 0 Å². The number of anilines is 1. The Bertz CT molecular complexity index is 706. The second kappa shape index (κ2) is 5.74. The summed E-state index contributed by atoms with van der Waals surface area (Å²) in [6.07, 6.45) is 0. The molecule has 2 aromatic rings. The summed E-state index contributed by atoms with van der Waals surface area (Å²) in [4.78, 5) is 22.3. The summed E-state index contributed by atoms with van der Waals surface area (Å²) in [5, 5.41) is 17.7. The number of hydrogen-bond donors (Lipinski definition) is 1. The molecule has 1 N–H and O–H groups in total. The van der Waals surface area contributed by atoms with Gasteiger partial charge >= 0.3 is 0 Å². The molecule has 0 radical (unpaired) electrons. The lowest BCUT2D eigenvalue weighted by molar-refractivity contribution is -0.384. The molecule has 1 aromatic carbocycles. The Balaban J connectivity index is 2.14. The predicted molar refractivity (Wildman–Crippen MR) is 78.2 cm³/mol. The lowest BCUT2D eigenvalue weighted by atomic mass is 10.2. The minimum absolute atomic E-state index is 0.0537. The molecule has 0 fully saturated rings. The Morgan fingerprint density at radius 1 is 1.33 bits per heavy atom. The number of rotatable bonds is 4. The van der Waals surface area contributed by atoms with E-state index >= 15 is 0 Å². The van der Waals surface area contributed by atoms with Gasteiger partial charge in [-0.2, -0.15) is 5.10 Å². The van der Waals surface area contributed by atoms with Crippen molar-refractivity contribution in [3.8, 4) is 0 Å². The third-order valence-electron chi connectivity index (χ3n) is 3.10. The van der Waals surface area contributed by atoms with Crippen molar-refractivity contribution in [2.75, 3.05) is 5.32 Å². The zero-order valence-corrected chi connectivity index (χ0v) is 12.1. The molecule has 7 heteroatoms. The van der Waals surface area contributed by atoms with Crippen LogP contribution < -0.4 is 5.32 Å². The van der Waals surface area contributed by atoms with Gasteiger partial charge in [-0.05, 0) is 32.4 Å². The highest BCUT2D eigenvalue weighted by Crippen LogP contribution is 2.21. The number of aryl methyl sites for hydroxylation is 3. The molecule has 0 atom stereocenters. The number of nitrogens with one attached hydrogen (secondary N) is 1. The molecular formula is C14H16N4O3. The average molecular weight is 288 g/mol. The molecule has 1 amide bonds. The fourth-order valence-corrected chi connectivity index (χ4v) is 2.02. The van der Waals surface area contributed by atoms with Crippen LogP contribution in [0.2, 0.25) is 0 Å². The van der Waals surface area contributed by atoms with Crippen molar-refractivity contribution in [2.24, 2.45) is 0 Å². The van der Waals surface area contributed by atoms with Crippen molar-refractivity contribution in [2.45, 2.75) is 27.3 Å². The van der Waals surface area contributed by atoms with Gasteiger partial charge in [0, 0.05) is 17.8 Å².